The van der Waals surface area contributed by atoms with Crippen molar-refractivity contribution >= 4 is 28.1 Å². The lowest BCUT2D eigenvalue weighted by Crippen LogP contribution is -2.27. The monoisotopic (exact) mass is 405 g/mol. The Labute approximate surface area is 172 Å². The molecular formula is C21H19N5O2S. The summed E-state index contributed by atoms with van der Waals surface area (Å²) in [4.78, 5) is 21.1. The second-order valence-electron chi connectivity index (χ2n) is 6.09. The number of nitrogens with one attached hydrogen (secondary N) is 2. The highest BCUT2D eigenvalue weighted by Crippen LogP contribution is 2.23. The van der Waals surface area contributed by atoms with Crippen molar-refractivity contribution in [2.24, 2.45) is 0 Å². The number of carbonyl (C=O) groups excluding carboxylic acids is 1. The number of ether oxygens (including phenoxy) is 1. The fourth-order valence-electron chi connectivity index (χ4n) is 2.63. The van der Waals surface area contributed by atoms with Crippen LogP contribution in [0.1, 0.15) is 9.67 Å². The van der Waals surface area contributed by atoms with Gasteiger partial charge in [0.25, 0.3) is 5.91 Å². The number of anilines is 2. The zero-order valence-electron chi connectivity index (χ0n) is 15.5. The molecule has 4 aromatic rings. The summed E-state index contributed by atoms with van der Waals surface area (Å²) >= 11 is 1.30. The summed E-state index contributed by atoms with van der Waals surface area (Å²) in [5.41, 5.74) is 1.91. The third-order valence-corrected chi connectivity index (χ3v) is 4.96. The van der Waals surface area contributed by atoms with Gasteiger partial charge in [-0.25, -0.2) is 9.97 Å². The van der Waals surface area contributed by atoms with Crippen LogP contribution in [0.3, 0.4) is 0 Å². The van der Waals surface area contributed by atoms with Crippen LogP contribution in [0.4, 0.5) is 10.8 Å². The van der Waals surface area contributed by atoms with E-state index in [1.807, 2.05) is 65.4 Å². The van der Waals surface area contributed by atoms with Crippen molar-refractivity contribution in [2.75, 3.05) is 18.5 Å². The molecule has 2 heterocycles. The molecule has 0 spiro atoms. The van der Waals surface area contributed by atoms with Crippen molar-refractivity contribution in [3.63, 3.8) is 0 Å². The molecule has 0 fully saturated rings. The maximum Gasteiger partial charge on any atom is 0.263 e. The topological polar surface area (TPSA) is 81.1 Å². The maximum absolute atomic E-state index is 12.3. The second kappa shape index (κ2) is 9.03. The van der Waals surface area contributed by atoms with Crippen LogP contribution in [-0.2, 0) is 0 Å². The molecule has 0 unspecified atom stereocenters. The molecule has 0 aliphatic rings. The SMILES string of the molecule is O=C(NCCOc1ccccc1)c1cnc(Nc2ccc(-n3ccnc3)cc2)s1. The zero-order chi connectivity index (χ0) is 19.9. The van der Waals surface area contributed by atoms with Crippen LogP contribution < -0.4 is 15.4 Å². The van der Waals surface area contributed by atoms with Crippen LogP contribution in [0.25, 0.3) is 5.69 Å². The fraction of sp³-hybridized carbons (Fsp3) is 0.0952. The first-order valence-electron chi connectivity index (χ1n) is 9.05. The summed E-state index contributed by atoms with van der Waals surface area (Å²) in [5.74, 6) is 0.618. The molecule has 2 aromatic carbocycles. The Morgan fingerprint density at radius 3 is 2.69 bits per heavy atom. The van der Waals surface area contributed by atoms with E-state index in [0.29, 0.717) is 23.2 Å². The van der Waals surface area contributed by atoms with Crippen LogP contribution in [0.15, 0.2) is 79.5 Å². The van der Waals surface area contributed by atoms with E-state index < -0.39 is 0 Å². The van der Waals surface area contributed by atoms with Crippen LogP contribution in [0.5, 0.6) is 5.75 Å². The van der Waals surface area contributed by atoms with Crippen molar-refractivity contribution in [1.82, 2.24) is 19.9 Å². The molecule has 2 aromatic heterocycles. The number of aromatic nitrogens is 3. The Kier molecular flexibility index (Phi) is 5.82. The van der Waals surface area contributed by atoms with Crippen molar-refractivity contribution in [3.05, 3.63) is 84.4 Å². The van der Waals surface area contributed by atoms with Gasteiger partial charge in [-0.15, -0.1) is 0 Å². The predicted molar refractivity (Wildman–Crippen MR) is 113 cm³/mol. The third-order valence-electron chi connectivity index (χ3n) is 4.05. The zero-order valence-corrected chi connectivity index (χ0v) is 16.3. The van der Waals surface area contributed by atoms with Gasteiger partial charge < -0.3 is 19.9 Å². The van der Waals surface area contributed by atoms with E-state index in [2.05, 4.69) is 20.6 Å². The molecule has 7 nitrogen and oxygen atoms in total. The van der Waals surface area contributed by atoms with E-state index in [4.69, 9.17) is 4.74 Å². The van der Waals surface area contributed by atoms with Crippen molar-refractivity contribution in [3.8, 4) is 11.4 Å². The van der Waals surface area contributed by atoms with E-state index in [9.17, 15) is 4.79 Å². The molecule has 29 heavy (non-hydrogen) atoms. The Hall–Kier alpha value is -3.65. The van der Waals surface area contributed by atoms with E-state index in [1.54, 1.807) is 18.7 Å². The first kappa shape index (κ1) is 18.7. The number of amides is 1. The minimum absolute atomic E-state index is 0.164. The lowest BCUT2D eigenvalue weighted by molar-refractivity contribution is 0.0951. The number of benzene rings is 2. The summed E-state index contributed by atoms with van der Waals surface area (Å²) in [6.45, 7) is 0.826. The molecule has 0 atom stereocenters. The number of thiazole rings is 1. The molecule has 2 N–H and O–H groups in total. The fourth-order valence-corrected chi connectivity index (χ4v) is 3.38. The van der Waals surface area contributed by atoms with Crippen molar-refractivity contribution in [1.29, 1.82) is 0 Å². The van der Waals surface area contributed by atoms with Gasteiger partial charge in [-0.3, -0.25) is 4.79 Å². The molecule has 0 saturated heterocycles. The van der Waals surface area contributed by atoms with Gasteiger partial charge in [0.2, 0.25) is 0 Å². The van der Waals surface area contributed by atoms with Crippen LogP contribution in [0, 0.1) is 0 Å². The molecule has 1 amide bonds. The van der Waals surface area contributed by atoms with Crippen LogP contribution in [-0.4, -0.2) is 33.6 Å². The van der Waals surface area contributed by atoms with Crippen molar-refractivity contribution in [2.45, 2.75) is 0 Å². The van der Waals surface area contributed by atoms with Crippen molar-refractivity contribution < 1.29 is 9.53 Å². The van der Waals surface area contributed by atoms with Gasteiger partial charge in [0.15, 0.2) is 5.13 Å². The smallest absolute Gasteiger partial charge is 0.263 e. The molecule has 146 valence electrons. The van der Waals surface area contributed by atoms with Crippen LogP contribution in [0.2, 0.25) is 0 Å². The quantitative estimate of drug-likeness (QED) is 0.435. The predicted octanol–water partition coefficient (Wildman–Crippen LogP) is 3.88. The van der Waals surface area contributed by atoms with Crippen LogP contribution >= 0.6 is 11.3 Å². The normalized spacial score (nSPS) is 10.5. The molecular weight excluding hydrogens is 386 g/mol. The Morgan fingerprint density at radius 1 is 1.10 bits per heavy atom. The first-order chi connectivity index (χ1) is 14.3. The molecule has 4 rings (SSSR count). The van der Waals surface area contributed by atoms with Gasteiger partial charge in [-0.2, -0.15) is 0 Å². The number of hydrogen-bond acceptors (Lipinski definition) is 6. The summed E-state index contributed by atoms with van der Waals surface area (Å²) in [6, 6.07) is 17.4. The largest absolute Gasteiger partial charge is 0.492 e. The highest BCUT2D eigenvalue weighted by molar-refractivity contribution is 7.17. The van der Waals surface area contributed by atoms with E-state index in [0.717, 1.165) is 17.1 Å². The van der Waals surface area contributed by atoms with E-state index in [1.165, 1.54) is 11.3 Å². The van der Waals surface area contributed by atoms with Gasteiger partial charge in [0.1, 0.15) is 17.2 Å². The molecule has 0 aliphatic heterocycles. The van der Waals surface area contributed by atoms with Gasteiger partial charge in [0.05, 0.1) is 19.1 Å². The highest BCUT2D eigenvalue weighted by atomic mass is 32.1. The molecule has 0 saturated carbocycles. The number of carbonyl (C=O) groups is 1. The third kappa shape index (κ3) is 4.99. The number of imidazole rings is 1. The lowest BCUT2D eigenvalue weighted by atomic mass is 10.3. The number of nitrogens with zero attached hydrogens (tertiary/aromatic N) is 3. The Bertz CT molecular complexity index is 1050. The molecule has 8 heteroatoms. The summed E-state index contributed by atoms with van der Waals surface area (Å²) in [7, 11) is 0. The number of hydrogen-bond donors (Lipinski definition) is 2. The van der Waals surface area contributed by atoms with E-state index in [-0.39, 0.29) is 5.91 Å². The second-order valence-corrected chi connectivity index (χ2v) is 7.12. The highest BCUT2D eigenvalue weighted by Gasteiger charge is 2.10. The van der Waals surface area contributed by atoms with Gasteiger partial charge >= 0.3 is 0 Å². The first-order valence-corrected chi connectivity index (χ1v) is 9.87. The number of rotatable bonds is 8. The molecule has 0 aliphatic carbocycles. The average Bonchev–Trinajstić information content (AvgIpc) is 3.45. The van der Waals surface area contributed by atoms with Gasteiger partial charge in [-0.1, -0.05) is 29.5 Å². The lowest BCUT2D eigenvalue weighted by Gasteiger charge is -2.06. The minimum Gasteiger partial charge on any atom is -0.492 e. The Morgan fingerprint density at radius 2 is 1.93 bits per heavy atom. The molecule has 0 radical (unpaired) electrons. The minimum atomic E-state index is -0.164. The summed E-state index contributed by atoms with van der Waals surface area (Å²) in [6.07, 6.45) is 6.94. The maximum atomic E-state index is 12.3. The van der Waals surface area contributed by atoms with Gasteiger partial charge in [0, 0.05) is 23.8 Å². The Balaban J connectivity index is 1.27. The summed E-state index contributed by atoms with van der Waals surface area (Å²) in [5, 5.41) is 6.72. The average molecular weight is 405 g/mol. The van der Waals surface area contributed by atoms with E-state index >= 15 is 0 Å². The molecule has 0 bridgehead atoms. The summed E-state index contributed by atoms with van der Waals surface area (Å²) < 4.78 is 7.50. The number of para-hydroxylation sites is 1. The van der Waals surface area contributed by atoms with Gasteiger partial charge in [-0.05, 0) is 36.4 Å². The standard InChI is InChI=1S/C21H19N5O2S/c27-20(23-11-13-28-18-4-2-1-3-5-18)19-14-24-21(29-19)25-16-6-8-17(9-7-16)26-12-10-22-15-26/h1-10,12,14-15H,11,13H2,(H,23,27)(H,24,25).